The monoisotopic (exact) mass is 500 g/mol. The number of hydrogen-bond donors (Lipinski definition) is 2. The Morgan fingerprint density at radius 1 is 1.06 bits per heavy atom. The van der Waals surface area contributed by atoms with Crippen molar-refractivity contribution in [3.63, 3.8) is 0 Å². The topological polar surface area (TPSA) is 75.1 Å². The molecule has 9 heteroatoms. The van der Waals surface area contributed by atoms with Gasteiger partial charge in [-0.2, -0.15) is 0 Å². The van der Waals surface area contributed by atoms with E-state index < -0.39 is 0 Å². The molecule has 0 radical (unpaired) electrons. The van der Waals surface area contributed by atoms with Crippen molar-refractivity contribution < 1.29 is 9.18 Å². The third-order valence-corrected chi connectivity index (χ3v) is 6.50. The van der Waals surface area contributed by atoms with Crippen molar-refractivity contribution in [3.8, 4) is 0 Å². The number of nitrogens with one attached hydrogen (secondary N) is 2. The summed E-state index contributed by atoms with van der Waals surface area (Å²) in [5.41, 5.74) is 3.57. The second-order valence-corrected chi connectivity index (χ2v) is 8.93. The molecule has 2 atom stereocenters. The predicted octanol–water partition coefficient (Wildman–Crippen LogP) is 4.47. The highest BCUT2D eigenvalue weighted by Gasteiger charge is 2.41. The summed E-state index contributed by atoms with van der Waals surface area (Å²) in [5, 5.41) is 6.82. The Kier molecular flexibility index (Phi) is 6.99. The van der Waals surface area contributed by atoms with E-state index in [-0.39, 0.29) is 30.2 Å². The van der Waals surface area contributed by atoms with Gasteiger partial charge in [0.25, 0.3) is 0 Å². The van der Waals surface area contributed by atoms with E-state index in [9.17, 15) is 9.18 Å². The van der Waals surface area contributed by atoms with Gasteiger partial charge in [-0.05, 0) is 72.4 Å². The van der Waals surface area contributed by atoms with Gasteiger partial charge in [0, 0.05) is 55.7 Å². The zero-order chi connectivity index (χ0) is 24.9. The summed E-state index contributed by atoms with van der Waals surface area (Å²) in [6.07, 6.45) is 7.64. The molecule has 2 N–H and O–H groups in total. The van der Waals surface area contributed by atoms with Crippen LogP contribution in [0.15, 0.2) is 91.5 Å². The van der Waals surface area contributed by atoms with Gasteiger partial charge >= 0.3 is 0 Å². The lowest BCUT2D eigenvalue weighted by atomic mass is 10.0. The zero-order valence-corrected chi connectivity index (χ0v) is 20.2. The first-order valence-electron chi connectivity index (χ1n) is 11.7. The molecule has 0 aliphatic carbocycles. The van der Waals surface area contributed by atoms with Crippen LogP contribution in [-0.2, 0) is 11.3 Å². The number of aromatic nitrogens is 3. The number of thiocarbonyl (C=S) groups is 1. The van der Waals surface area contributed by atoms with Gasteiger partial charge in [0.05, 0.1) is 17.8 Å². The molecule has 0 spiro atoms. The van der Waals surface area contributed by atoms with Gasteiger partial charge < -0.3 is 20.1 Å². The molecule has 4 heterocycles. The molecule has 7 nitrogen and oxygen atoms in total. The second-order valence-electron chi connectivity index (χ2n) is 8.55. The number of nitrogens with zero attached hydrogens (tertiary/aromatic N) is 4. The first-order valence-corrected chi connectivity index (χ1v) is 12.1. The smallest absolute Gasteiger partial charge is 0.226 e. The van der Waals surface area contributed by atoms with Crippen molar-refractivity contribution in [1.82, 2.24) is 24.8 Å². The van der Waals surface area contributed by atoms with Crippen LogP contribution in [-0.4, -0.2) is 37.0 Å². The van der Waals surface area contributed by atoms with Crippen molar-refractivity contribution in [2.75, 3.05) is 11.9 Å². The maximum atomic E-state index is 13.2. The van der Waals surface area contributed by atoms with Gasteiger partial charge in [0.2, 0.25) is 5.91 Å². The van der Waals surface area contributed by atoms with Gasteiger partial charge in [-0.15, -0.1) is 0 Å². The average molecular weight is 501 g/mol. The lowest BCUT2D eigenvalue weighted by Crippen LogP contribution is -2.33. The summed E-state index contributed by atoms with van der Waals surface area (Å²) in [6, 6.07) is 19.3. The molecule has 5 rings (SSSR count). The van der Waals surface area contributed by atoms with Gasteiger partial charge in [-0.1, -0.05) is 12.1 Å². The van der Waals surface area contributed by atoms with Crippen LogP contribution < -0.4 is 10.6 Å². The fraction of sp³-hybridized carbons (Fsp3) is 0.185. The Balaban J connectivity index is 1.39. The van der Waals surface area contributed by atoms with E-state index in [4.69, 9.17) is 12.2 Å². The maximum absolute atomic E-state index is 13.2. The molecule has 1 saturated heterocycles. The molecule has 1 aliphatic rings. The highest BCUT2D eigenvalue weighted by Crippen LogP contribution is 2.39. The first-order chi connectivity index (χ1) is 17.6. The fourth-order valence-corrected chi connectivity index (χ4v) is 4.81. The Labute approximate surface area is 214 Å². The molecule has 1 aliphatic heterocycles. The molecule has 4 aromatic rings. The number of carbonyl (C=O) groups is 1. The van der Waals surface area contributed by atoms with Crippen LogP contribution in [0, 0.1) is 5.82 Å². The van der Waals surface area contributed by atoms with Crippen LogP contribution in [0.25, 0.3) is 0 Å². The standard InChI is InChI=1S/C27H25FN6OS/c28-20-8-10-21(11-9-20)31-24(35)12-16-34-26(25(32-27(34)36)22-6-1-2-14-30-22)23-7-4-15-33(23)18-19-5-3-13-29-17-19/h1-11,13-15,17,25-26H,12,16,18H2,(H,31,35)(H,32,36)/t25-,26-/m1/s1. The number of carbonyl (C=O) groups excluding carboxylic acids is 1. The third-order valence-electron chi connectivity index (χ3n) is 6.15. The van der Waals surface area contributed by atoms with Gasteiger partial charge in [0.15, 0.2) is 5.11 Å². The first kappa shape index (κ1) is 23.6. The minimum atomic E-state index is -0.348. The predicted molar refractivity (Wildman–Crippen MR) is 140 cm³/mol. The van der Waals surface area contributed by atoms with Crippen LogP contribution in [0.1, 0.15) is 35.5 Å². The lowest BCUT2D eigenvalue weighted by Gasteiger charge is -2.29. The molecule has 0 unspecified atom stereocenters. The lowest BCUT2D eigenvalue weighted by molar-refractivity contribution is -0.116. The molecule has 36 heavy (non-hydrogen) atoms. The zero-order valence-electron chi connectivity index (χ0n) is 19.4. The van der Waals surface area contributed by atoms with Crippen LogP contribution >= 0.6 is 12.2 Å². The van der Waals surface area contributed by atoms with Gasteiger partial charge in [0.1, 0.15) is 5.82 Å². The van der Waals surface area contributed by atoms with E-state index in [1.165, 1.54) is 12.1 Å². The summed E-state index contributed by atoms with van der Waals surface area (Å²) in [5.74, 6) is -0.519. The molecule has 0 saturated carbocycles. The molecular weight excluding hydrogens is 475 g/mol. The quantitative estimate of drug-likeness (QED) is 0.348. The largest absolute Gasteiger partial charge is 0.352 e. The molecule has 1 amide bonds. The van der Waals surface area contributed by atoms with Crippen molar-refractivity contribution in [1.29, 1.82) is 0 Å². The van der Waals surface area contributed by atoms with E-state index in [2.05, 4.69) is 31.2 Å². The summed E-state index contributed by atoms with van der Waals surface area (Å²) < 4.78 is 15.4. The minimum absolute atomic E-state index is 0.169. The Hall–Kier alpha value is -4.11. The number of halogens is 1. The second kappa shape index (κ2) is 10.7. The summed E-state index contributed by atoms with van der Waals surface area (Å²) in [4.78, 5) is 23.6. The van der Waals surface area contributed by atoms with Crippen molar-refractivity contribution in [2.45, 2.75) is 25.0 Å². The van der Waals surface area contributed by atoms with Crippen molar-refractivity contribution in [3.05, 3.63) is 114 Å². The molecule has 3 aromatic heterocycles. The maximum Gasteiger partial charge on any atom is 0.226 e. The van der Waals surface area contributed by atoms with E-state index in [1.807, 2.05) is 53.7 Å². The molecule has 182 valence electrons. The highest BCUT2D eigenvalue weighted by molar-refractivity contribution is 7.80. The summed E-state index contributed by atoms with van der Waals surface area (Å²) in [7, 11) is 0. The number of pyridine rings is 2. The normalized spacial score (nSPS) is 17.1. The Bertz CT molecular complexity index is 1330. The molecule has 1 aromatic carbocycles. The van der Waals surface area contributed by atoms with Gasteiger partial charge in [-0.25, -0.2) is 4.39 Å². The van der Waals surface area contributed by atoms with Crippen molar-refractivity contribution in [2.24, 2.45) is 0 Å². The SMILES string of the molecule is O=C(CCN1C(=S)N[C@H](c2ccccn2)[C@H]1c1cccn1Cc1cccnc1)Nc1ccc(F)cc1. The number of amides is 1. The van der Waals surface area contributed by atoms with Crippen LogP contribution in [0.5, 0.6) is 0 Å². The van der Waals surface area contributed by atoms with Gasteiger partial charge in [-0.3, -0.25) is 14.8 Å². The van der Waals surface area contributed by atoms with E-state index in [1.54, 1.807) is 24.5 Å². The van der Waals surface area contributed by atoms with E-state index in [0.717, 1.165) is 17.0 Å². The Morgan fingerprint density at radius 3 is 2.67 bits per heavy atom. The highest BCUT2D eigenvalue weighted by atomic mass is 32.1. The number of rotatable bonds is 8. The molecular formula is C27H25FN6OS. The van der Waals surface area contributed by atoms with Crippen LogP contribution in [0.4, 0.5) is 10.1 Å². The number of anilines is 1. The summed E-state index contributed by atoms with van der Waals surface area (Å²) in [6.45, 7) is 1.07. The molecule has 0 bridgehead atoms. The number of benzene rings is 1. The summed E-state index contributed by atoms with van der Waals surface area (Å²) >= 11 is 5.73. The number of hydrogen-bond acceptors (Lipinski definition) is 4. The average Bonchev–Trinajstić information content (AvgIpc) is 3.48. The van der Waals surface area contributed by atoms with Crippen molar-refractivity contribution >= 4 is 28.9 Å². The van der Waals surface area contributed by atoms with E-state index in [0.29, 0.717) is 23.9 Å². The third kappa shape index (κ3) is 5.26. The van der Waals surface area contributed by atoms with E-state index >= 15 is 0 Å². The molecule has 1 fully saturated rings. The Morgan fingerprint density at radius 2 is 1.92 bits per heavy atom. The van der Waals surface area contributed by atoms with Crippen LogP contribution in [0.2, 0.25) is 0 Å². The van der Waals surface area contributed by atoms with Crippen LogP contribution in [0.3, 0.4) is 0 Å². The fourth-order valence-electron chi connectivity index (χ4n) is 4.47. The minimum Gasteiger partial charge on any atom is -0.352 e.